The van der Waals surface area contributed by atoms with Crippen LogP contribution < -0.4 is 9.80 Å². The summed E-state index contributed by atoms with van der Waals surface area (Å²) in [6.45, 7) is 9.54. The molecule has 0 atom stereocenters. The second-order valence-electron chi connectivity index (χ2n) is 11.1. The van der Waals surface area contributed by atoms with Crippen LogP contribution in [0.2, 0.25) is 0 Å². The van der Waals surface area contributed by atoms with E-state index in [0.29, 0.717) is 44.8 Å². The minimum atomic E-state index is -0.0818. The van der Waals surface area contributed by atoms with Gasteiger partial charge in [0.15, 0.2) is 0 Å². The van der Waals surface area contributed by atoms with E-state index in [9.17, 15) is 9.59 Å². The van der Waals surface area contributed by atoms with E-state index in [1.54, 1.807) is 10.9 Å². The Morgan fingerprint density at radius 2 is 1.64 bits per heavy atom. The van der Waals surface area contributed by atoms with Gasteiger partial charge >= 0.3 is 0 Å². The summed E-state index contributed by atoms with van der Waals surface area (Å²) in [6.07, 6.45) is 3.05. The molecule has 0 radical (unpaired) electrons. The molecule has 8 heteroatoms. The van der Waals surface area contributed by atoms with Gasteiger partial charge in [-0.15, -0.1) is 0 Å². The third kappa shape index (κ3) is 6.70. The summed E-state index contributed by atoms with van der Waals surface area (Å²) < 4.78 is 1.79. The van der Waals surface area contributed by atoms with Crippen molar-refractivity contribution in [1.29, 1.82) is 0 Å². The average molecular weight is 565 g/mol. The van der Waals surface area contributed by atoms with Gasteiger partial charge in [-0.1, -0.05) is 68.4 Å². The molecular formula is C34H40N6O2. The molecule has 0 unspecified atom stereocenters. The summed E-state index contributed by atoms with van der Waals surface area (Å²) in [6, 6.07) is 25.7. The topological polar surface area (TPSA) is 74.6 Å². The van der Waals surface area contributed by atoms with E-state index < -0.39 is 0 Å². The Labute approximate surface area is 248 Å². The first-order valence-electron chi connectivity index (χ1n) is 14.9. The van der Waals surface area contributed by atoms with Gasteiger partial charge in [0, 0.05) is 63.1 Å². The van der Waals surface area contributed by atoms with E-state index in [-0.39, 0.29) is 17.7 Å². The Morgan fingerprint density at radius 3 is 2.38 bits per heavy atom. The standard InChI is InChI=1S/C34H40N6O2/c1-4-40-31(24-29(36-40)27-13-6-5-7-14-27)34(42)38-22-21-37(32-17-10-11-18-35-32)19-12-20-39(33(41)23-26(2)3)30-16-9-8-15-28(30)25-38/h5-11,13-18,24,26H,4,12,19-23,25H2,1-3H3. The van der Waals surface area contributed by atoms with Gasteiger partial charge in [0.1, 0.15) is 11.5 Å². The summed E-state index contributed by atoms with van der Waals surface area (Å²) in [4.78, 5) is 38.5. The number of nitrogens with zero attached hydrogens (tertiary/aromatic N) is 6. The molecule has 0 spiro atoms. The lowest BCUT2D eigenvalue weighted by atomic mass is 10.1. The summed E-state index contributed by atoms with van der Waals surface area (Å²) in [5, 5.41) is 4.77. The Kier molecular flexibility index (Phi) is 9.31. The van der Waals surface area contributed by atoms with Crippen molar-refractivity contribution < 1.29 is 9.59 Å². The number of carbonyl (C=O) groups is 2. The van der Waals surface area contributed by atoms with Crippen LogP contribution in [0.15, 0.2) is 85.1 Å². The van der Waals surface area contributed by atoms with Crippen molar-refractivity contribution in [1.82, 2.24) is 19.7 Å². The molecular weight excluding hydrogens is 524 g/mol. The molecule has 0 bridgehead atoms. The van der Waals surface area contributed by atoms with Gasteiger partial charge in [-0.05, 0) is 49.1 Å². The first kappa shape index (κ1) is 29.0. The maximum Gasteiger partial charge on any atom is 0.272 e. The van der Waals surface area contributed by atoms with Gasteiger partial charge in [0.25, 0.3) is 5.91 Å². The lowest BCUT2D eigenvalue weighted by Gasteiger charge is -2.28. The fourth-order valence-electron chi connectivity index (χ4n) is 5.49. The number of amides is 2. The normalized spacial score (nSPS) is 14.4. The van der Waals surface area contributed by atoms with Gasteiger partial charge in [-0.2, -0.15) is 5.10 Å². The molecule has 0 saturated heterocycles. The monoisotopic (exact) mass is 564 g/mol. The van der Waals surface area contributed by atoms with E-state index in [0.717, 1.165) is 41.3 Å². The number of rotatable bonds is 6. The maximum absolute atomic E-state index is 14.3. The Bertz CT molecular complexity index is 1480. The third-order valence-electron chi connectivity index (χ3n) is 7.61. The van der Waals surface area contributed by atoms with Crippen LogP contribution in [0.4, 0.5) is 11.5 Å². The number of fused-ring (bicyclic) bond motifs is 1. The molecule has 42 heavy (non-hydrogen) atoms. The predicted octanol–water partition coefficient (Wildman–Crippen LogP) is 5.90. The second kappa shape index (κ2) is 13.5. The molecule has 3 heterocycles. The highest BCUT2D eigenvalue weighted by Crippen LogP contribution is 2.27. The lowest BCUT2D eigenvalue weighted by Crippen LogP contribution is -2.39. The molecule has 0 aliphatic carbocycles. The van der Waals surface area contributed by atoms with Crippen LogP contribution in [0.1, 0.15) is 49.7 Å². The van der Waals surface area contributed by atoms with E-state index in [1.165, 1.54) is 0 Å². The van der Waals surface area contributed by atoms with E-state index in [2.05, 4.69) is 23.7 Å². The summed E-state index contributed by atoms with van der Waals surface area (Å²) in [5.74, 6) is 1.14. The predicted molar refractivity (Wildman–Crippen MR) is 167 cm³/mol. The number of para-hydroxylation sites is 1. The smallest absolute Gasteiger partial charge is 0.272 e. The molecule has 2 amide bonds. The van der Waals surface area contributed by atoms with Gasteiger partial charge < -0.3 is 14.7 Å². The number of hydrogen-bond donors (Lipinski definition) is 0. The largest absolute Gasteiger partial charge is 0.355 e. The Morgan fingerprint density at radius 1 is 0.881 bits per heavy atom. The van der Waals surface area contributed by atoms with Crippen molar-refractivity contribution in [2.75, 3.05) is 36.0 Å². The molecule has 218 valence electrons. The molecule has 0 saturated carbocycles. The van der Waals surface area contributed by atoms with Gasteiger partial charge in [0.05, 0.1) is 5.69 Å². The number of pyridine rings is 1. The highest BCUT2D eigenvalue weighted by molar-refractivity contribution is 5.95. The molecule has 0 N–H and O–H groups in total. The van der Waals surface area contributed by atoms with Crippen LogP contribution in [-0.2, 0) is 17.9 Å². The van der Waals surface area contributed by atoms with Crippen molar-refractivity contribution in [3.8, 4) is 11.3 Å². The average Bonchev–Trinajstić information content (AvgIpc) is 3.44. The van der Waals surface area contributed by atoms with Crippen molar-refractivity contribution in [2.24, 2.45) is 5.92 Å². The zero-order chi connectivity index (χ0) is 29.5. The molecule has 8 nitrogen and oxygen atoms in total. The molecule has 1 aliphatic heterocycles. The van der Waals surface area contributed by atoms with Crippen molar-refractivity contribution >= 4 is 23.3 Å². The van der Waals surface area contributed by atoms with Gasteiger partial charge in [-0.3, -0.25) is 14.3 Å². The summed E-state index contributed by atoms with van der Waals surface area (Å²) in [7, 11) is 0. The fourth-order valence-corrected chi connectivity index (χ4v) is 5.49. The summed E-state index contributed by atoms with van der Waals surface area (Å²) >= 11 is 0. The first-order chi connectivity index (χ1) is 20.4. The zero-order valence-corrected chi connectivity index (χ0v) is 24.8. The minimum Gasteiger partial charge on any atom is -0.355 e. The van der Waals surface area contributed by atoms with Crippen LogP contribution in [0.3, 0.4) is 0 Å². The quantitative estimate of drug-likeness (QED) is 0.292. The molecule has 2 aromatic heterocycles. The Hall–Kier alpha value is -4.46. The van der Waals surface area contributed by atoms with Crippen molar-refractivity contribution in [3.63, 3.8) is 0 Å². The SMILES string of the molecule is CCn1nc(-c2ccccc2)cc1C(=O)N1CCN(c2ccccn2)CCCN(C(=O)CC(C)C)c2ccccc2C1. The molecule has 4 aromatic rings. The lowest BCUT2D eigenvalue weighted by molar-refractivity contribution is -0.119. The molecule has 2 aromatic carbocycles. The number of aromatic nitrogens is 3. The van der Waals surface area contributed by atoms with Crippen molar-refractivity contribution in [2.45, 2.75) is 46.7 Å². The number of carbonyl (C=O) groups excluding carboxylic acids is 2. The maximum atomic E-state index is 14.3. The zero-order valence-electron chi connectivity index (χ0n) is 24.8. The Balaban J connectivity index is 1.54. The van der Waals surface area contributed by atoms with E-state index in [4.69, 9.17) is 5.10 Å². The number of aryl methyl sites for hydroxylation is 1. The van der Waals surface area contributed by atoms with Gasteiger partial charge in [0.2, 0.25) is 5.91 Å². The first-order valence-corrected chi connectivity index (χ1v) is 14.9. The highest BCUT2D eigenvalue weighted by atomic mass is 16.2. The van der Waals surface area contributed by atoms with Crippen LogP contribution in [0.25, 0.3) is 11.3 Å². The van der Waals surface area contributed by atoms with Crippen LogP contribution in [0, 0.1) is 5.92 Å². The van der Waals surface area contributed by atoms with Gasteiger partial charge in [-0.25, -0.2) is 4.98 Å². The summed E-state index contributed by atoms with van der Waals surface area (Å²) in [5.41, 5.74) is 4.14. The highest BCUT2D eigenvalue weighted by Gasteiger charge is 2.27. The molecule has 0 fully saturated rings. The second-order valence-corrected chi connectivity index (χ2v) is 11.1. The molecule has 1 aliphatic rings. The number of anilines is 2. The minimum absolute atomic E-state index is 0.0818. The van der Waals surface area contributed by atoms with E-state index in [1.807, 2.05) is 95.6 Å². The fraction of sp³-hybridized carbons (Fsp3) is 0.353. The van der Waals surface area contributed by atoms with Crippen LogP contribution in [-0.4, -0.2) is 57.7 Å². The van der Waals surface area contributed by atoms with Crippen LogP contribution >= 0.6 is 0 Å². The van der Waals surface area contributed by atoms with E-state index >= 15 is 0 Å². The number of hydrogen-bond acceptors (Lipinski definition) is 5. The van der Waals surface area contributed by atoms with Crippen LogP contribution in [0.5, 0.6) is 0 Å². The molecule has 5 rings (SSSR count). The third-order valence-corrected chi connectivity index (χ3v) is 7.61. The van der Waals surface area contributed by atoms with Crippen molar-refractivity contribution in [3.05, 3.63) is 96.3 Å². The number of benzene rings is 2.